The number of amides is 1. The van der Waals surface area contributed by atoms with E-state index in [9.17, 15) is 4.79 Å². The lowest BCUT2D eigenvalue weighted by molar-refractivity contribution is -0.143. The number of piperidine rings is 1. The highest BCUT2D eigenvalue weighted by Gasteiger charge is 2.53. The Bertz CT molecular complexity index is 247. The lowest BCUT2D eigenvalue weighted by atomic mass is 10.2. The second kappa shape index (κ2) is 3.21. The van der Waals surface area contributed by atoms with E-state index >= 15 is 0 Å². The summed E-state index contributed by atoms with van der Waals surface area (Å²) in [7, 11) is 0. The van der Waals surface area contributed by atoms with Gasteiger partial charge in [-0.3, -0.25) is 4.79 Å². The molecule has 0 aromatic heterocycles. The number of hydrogen-bond donors (Lipinski definition) is 1. The summed E-state index contributed by atoms with van der Waals surface area (Å²) in [6, 6.07) is 0. The monoisotopic (exact) mass is 196 g/mol. The van der Waals surface area contributed by atoms with Crippen LogP contribution in [0.4, 0.5) is 0 Å². The van der Waals surface area contributed by atoms with Gasteiger partial charge in [-0.25, -0.2) is 0 Å². The van der Waals surface area contributed by atoms with E-state index in [1.165, 1.54) is 0 Å². The molecule has 78 valence electrons. The molecule has 1 N–H and O–H groups in total. The van der Waals surface area contributed by atoms with Gasteiger partial charge in [0.05, 0.1) is 6.61 Å². The van der Waals surface area contributed by atoms with E-state index in [4.69, 9.17) is 4.74 Å². The minimum absolute atomic E-state index is 0.175. The zero-order valence-electron chi connectivity index (χ0n) is 8.24. The van der Waals surface area contributed by atoms with Gasteiger partial charge in [-0.1, -0.05) is 0 Å². The number of nitrogens with zero attached hydrogens (tertiary/aromatic N) is 1. The molecule has 1 saturated carbocycles. The van der Waals surface area contributed by atoms with E-state index < -0.39 is 0 Å². The summed E-state index contributed by atoms with van der Waals surface area (Å²) < 4.78 is 5.10. The molecule has 2 heterocycles. The smallest absolute Gasteiger partial charge is 0.248 e. The van der Waals surface area contributed by atoms with Crippen LogP contribution in [0.25, 0.3) is 0 Å². The molecule has 3 fully saturated rings. The maximum Gasteiger partial charge on any atom is 0.248 e. The van der Waals surface area contributed by atoms with Crippen molar-refractivity contribution in [2.24, 2.45) is 17.8 Å². The lowest BCUT2D eigenvalue weighted by Gasteiger charge is -2.27. The first-order valence-corrected chi connectivity index (χ1v) is 5.42. The second-order valence-corrected chi connectivity index (χ2v) is 4.54. The summed E-state index contributed by atoms with van der Waals surface area (Å²) in [6.07, 6.45) is 0. The van der Waals surface area contributed by atoms with Crippen LogP contribution in [0, 0.1) is 17.8 Å². The van der Waals surface area contributed by atoms with Crippen molar-refractivity contribution < 1.29 is 9.53 Å². The largest absolute Gasteiger partial charge is 0.370 e. The molecule has 0 bridgehead atoms. The van der Waals surface area contributed by atoms with Crippen LogP contribution in [0.5, 0.6) is 0 Å². The first-order chi connectivity index (χ1) is 6.86. The molecule has 14 heavy (non-hydrogen) atoms. The van der Waals surface area contributed by atoms with Crippen LogP contribution >= 0.6 is 0 Å². The van der Waals surface area contributed by atoms with Crippen molar-refractivity contribution in [3.63, 3.8) is 0 Å². The molecule has 0 aromatic rings. The molecule has 2 aliphatic heterocycles. The molecule has 0 aromatic carbocycles. The molecular weight excluding hydrogens is 180 g/mol. The Labute approximate surface area is 83.6 Å². The number of hydrogen-bond acceptors (Lipinski definition) is 3. The van der Waals surface area contributed by atoms with E-state index in [-0.39, 0.29) is 5.91 Å². The average molecular weight is 196 g/mol. The zero-order chi connectivity index (χ0) is 9.54. The van der Waals surface area contributed by atoms with Crippen LogP contribution in [0.2, 0.25) is 0 Å². The topological polar surface area (TPSA) is 41.6 Å². The zero-order valence-corrected chi connectivity index (χ0v) is 8.24. The fourth-order valence-electron chi connectivity index (χ4n) is 2.82. The Kier molecular flexibility index (Phi) is 1.99. The number of rotatable bonds is 2. The maximum absolute atomic E-state index is 11.5. The number of ether oxygens (including phenoxy) is 1. The number of carbonyl (C=O) groups is 1. The van der Waals surface area contributed by atoms with Crippen LogP contribution in [0.3, 0.4) is 0 Å². The molecule has 1 aliphatic carbocycles. The SMILES string of the molecule is O=C1COCCN1CC1C2CNCC21. The first kappa shape index (κ1) is 8.68. The van der Waals surface area contributed by atoms with Crippen LogP contribution in [0.15, 0.2) is 0 Å². The molecular formula is C10H16N2O2. The van der Waals surface area contributed by atoms with Crippen molar-refractivity contribution in [1.29, 1.82) is 0 Å². The molecule has 3 rings (SSSR count). The van der Waals surface area contributed by atoms with Crippen molar-refractivity contribution in [3.05, 3.63) is 0 Å². The quantitative estimate of drug-likeness (QED) is 0.635. The maximum atomic E-state index is 11.5. The Hall–Kier alpha value is -0.610. The summed E-state index contributed by atoms with van der Waals surface area (Å²) >= 11 is 0. The third-order valence-corrected chi connectivity index (χ3v) is 3.78. The summed E-state index contributed by atoms with van der Waals surface area (Å²) in [5, 5.41) is 3.37. The Morgan fingerprint density at radius 2 is 2.21 bits per heavy atom. The molecule has 4 heteroatoms. The predicted molar refractivity (Wildman–Crippen MR) is 50.7 cm³/mol. The molecule has 3 aliphatic rings. The van der Waals surface area contributed by atoms with E-state index in [2.05, 4.69) is 5.32 Å². The van der Waals surface area contributed by atoms with Gasteiger partial charge in [-0.15, -0.1) is 0 Å². The third-order valence-electron chi connectivity index (χ3n) is 3.78. The normalized spacial score (nSPS) is 41.3. The van der Waals surface area contributed by atoms with Crippen molar-refractivity contribution in [2.75, 3.05) is 39.4 Å². The first-order valence-electron chi connectivity index (χ1n) is 5.42. The van der Waals surface area contributed by atoms with Gasteiger partial charge in [-0.05, 0) is 30.8 Å². The Balaban J connectivity index is 1.54. The van der Waals surface area contributed by atoms with Gasteiger partial charge in [0.25, 0.3) is 0 Å². The molecule has 2 atom stereocenters. The molecule has 0 radical (unpaired) electrons. The van der Waals surface area contributed by atoms with Gasteiger partial charge < -0.3 is 15.0 Å². The Morgan fingerprint density at radius 3 is 2.93 bits per heavy atom. The van der Waals surface area contributed by atoms with Gasteiger partial charge in [-0.2, -0.15) is 0 Å². The number of carbonyl (C=O) groups excluding carboxylic acids is 1. The summed E-state index contributed by atoms with van der Waals surface area (Å²) in [5.41, 5.74) is 0. The van der Waals surface area contributed by atoms with Crippen LogP contribution < -0.4 is 5.32 Å². The van der Waals surface area contributed by atoms with E-state index in [0.717, 1.165) is 43.9 Å². The van der Waals surface area contributed by atoms with Gasteiger partial charge in [0.2, 0.25) is 5.91 Å². The minimum Gasteiger partial charge on any atom is -0.370 e. The molecule has 1 amide bonds. The minimum atomic E-state index is 0.175. The van der Waals surface area contributed by atoms with Gasteiger partial charge in [0.1, 0.15) is 6.61 Å². The standard InChI is InChI=1S/C10H16N2O2/c13-10-6-14-2-1-12(10)5-9-7-3-11-4-8(7)9/h7-9,11H,1-6H2. The second-order valence-electron chi connectivity index (χ2n) is 4.54. The lowest BCUT2D eigenvalue weighted by Crippen LogP contribution is -2.43. The fraction of sp³-hybridized carbons (Fsp3) is 0.900. The number of morpholine rings is 1. The predicted octanol–water partition coefficient (Wildman–Crippen LogP) is -0.689. The number of fused-ring (bicyclic) bond motifs is 1. The summed E-state index contributed by atoms with van der Waals surface area (Å²) in [4.78, 5) is 13.4. The summed E-state index contributed by atoms with van der Waals surface area (Å²) in [5.74, 6) is 2.66. The number of nitrogens with one attached hydrogen (secondary N) is 1. The van der Waals surface area contributed by atoms with Crippen LogP contribution in [-0.2, 0) is 9.53 Å². The summed E-state index contributed by atoms with van der Waals surface area (Å²) in [6.45, 7) is 5.09. The van der Waals surface area contributed by atoms with Crippen LogP contribution in [0.1, 0.15) is 0 Å². The Morgan fingerprint density at radius 1 is 1.43 bits per heavy atom. The highest BCUT2D eigenvalue weighted by atomic mass is 16.5. The van der Waals surface area contributed by atoms with Gasteiger partial charge in [0.15, 0.2) is 0 Å². The molecule has 2 saturated heterocycles. The van der Waals surface area contributed by atoms with E-state index in [0.29, 0.717) is 13.2 Å². The van der Waals surface area contributed by atoms with Crippen molar-refractivity contribution in [2.45, 2.75) is 0 Å². The van der Waals surface area contributed by atoms with Crippen molar-refractivity contribution >= 4 is 5.91 Å². The van der Waals surface area contributed by atoms with Crippen molar-refractivity contribution in [1.82, 2.24) is 10.2 Å². The van der Waals surface area contributed by atoms with Crippen molar-refractivity contribution in [3.8, 4) is 0 Å². The highest BCUT2D eigenvalue weighted by molar-refractivity contribution is 5.78. The van der Waals surface area contributed by atoms with Crippen LogP contribution in [-0.4, -0.2) is 50.2 Å². The highest BCUT2D eigenvalue weighted by Crippen LogP contribution is 2.48. The molecule has 4 nitrogen and oxygen atoms in total. The fourth-order valence-corrected chi connectivity index (χ4v) is 2.82. The van der Waals surface area contributed by atoms with E-state index in [1.54, 1.807) is 0 Å². The molecule has 0 spiro atoms. The molecule has 2 unspecified atom stereocenters. The van der Waals surface area contributed by atoms with Gasteiger partial charge >= 0.3 is 0 Å². The van der Waals surface area contributed by atoms with Gasteiger partial charge in [0, 0.05) is 13.1 Å². The van der Waals surface area contributed by atoms with E-state index in [1.807, 2.05) is 4.90 Å². The average Bonchev–Trinajstić information content (AvgIpc) is 2.64. The third kappa shape index (κ3) is 1.33.